The molecule has 28 heavy (non-hydrogen) atoms. The first-order chi connectivity index (χ1) is 13.5. The number of hydrogen-bond acceptors (Lipinski definition) is 5. The summed E-state index contributed by atoms with van der Waals surface area (Å²) in [5.74, 6) is -0.826. The van der Waals surface area contributed by atoms with Gasteiger partial charge < -0.3 is 18.5 Å². The second-order valence-corrected chi connectivity index (χ2v) is 6.46. The molecule has 0 N–H and O–H groups in total. The summed E-state index contributed by atoms with van der Waals surface area (Å²) in [6.07, 6.45) is 1.43. The molecule has 3 rings (SSSR count). The predicted molar refractivity (Wildman–Crippen MR) is 105 cm³/mol. The molecule has 0 aliphatic rings. The van der Waals surface area contributed by atoms with E-state index in [1.165, 1.54) is 6.26 Å². The number of nitrogens with zero attached hydrogens (tertiary/aromatic N) is 1. The van der Waals surface area contributed by atoms with Crippen molar-refractivity contribution in [2.45, 2.75) is 20.4 Å². The summed E-state index contributed by atoms with van der Waals surface area (Å²) in [4.78, 5) is 25.0. The number of ether oxygens (including phenoxy) is 2. The summed E-state index contributed by atoms with van der Waals surface area (Å²) >= 11 is 0. The van der Waals surface area contributed by atoms with Gasteiger partial charge in [0.1, 0.15) is 0 Å². The van der Waals surface area contributed by atoms with Gasteiger partial charge in [-0.3, -0.25) is 4.79 Å². The highest BCUT2D eigenvalue weighted by atomic mass is 16.5. The fourth-order valence-electron chi connectivity index (χ4n) is 3.20. The zero-order chi connectivity index (χ0) is 20.1. The molecule has 3 aromatic rings. The van der Waals surface area contributed by atoms with Crippen LogP contribution in [0, 0.1) is 13.8 Å². The van der Waals surface area contributed by atoms with Crippen LogP contribution in [0.2, 0.25) is 0 Å². The molecule has 0 aliphatic heterocycles. The van der Waals surface area contributed by atoms with Crippen molar-refractivity contribution in [2.24, 2.45) is 0 Å². The van der Waals surface area contributed by atoms with Crippen molar-refractivity contribution in [1.29, 1.82) is 0 Å². The topological polar surface area (TPSA) is 70.7 Å². The largest absolute Gasteiger partial charge is 0.457 e. The van der Waals surface area contributed by atoms with Gasteiger partial charge in [-0.1, -0.05) is 30.3 Å². The minimum atomic E-state index is -0.662. The number of ketones is 1. The number of rotatable bonds is 8. The molecular weight excluding hydrogens is 358 g/mol. The Hall–Kier alpha value is -3.12. The van der Waals surface area contributed by atoms with Gasteiger partial charge in [-0.2, -0.15) is 0 Å². The van der Waals surface area contributed by atoms with Crippen LogP contribution in [0.15, 0.2) is 53.1 Å². The number of carbonyl (C=O) groups excluding carboxylic acids is 2. The van der Waals surface area contributed by atoms with Gasteiger partial charge in [-0.05, 0) is 31.5 Å². The minimum Gasteiger partial charge on any atom is -0.457 e. The van der Waals surface area contributed by atoms with E-state index in [9.17, 15) is 9.59 Å². The summed E-state index contributed by atoms with van der Waals surface area (Å²) in [5, 5.41) is 0. The fourth-order valence-corrected chi connectivity index (χ4v) is 3.20. The Bertz CT molecular complexity index is 968. The molecule has 6 heteroatoms. The Morgan fingerprint density at radius 3 is 2.57 bits per heavy atom. The second-order valence-electron chi connectivity index (χ2n) is 6.46. The van der Waals surface area contributed by atoms with Crippen molar-refractivity contribution in [1.82, 2.24) is 4.57 Å². The first-order valence-corrected chi connectivity index (χ1v) is 9.01. The summed E-state index contributed by atoms with van der Waals surface area (Å²) in [6.45, 7) is 4.67. The molecule has 0 saturated heterocycles. The van der Waals surface area contributed by atoms with Gasteiger partial charge in [0.25, 0.3) is 0 Å². The number of Topliss-reactive ketones (excluding diaryl/α,β-unsaturated/α-hetero) is 1. The summed E-state index contributed by atoms with van der Waals surface area (Å²) in [6, 6.07) is 12.9. The van der Waals surface area contributed by atoms with E-state index < -0.39 is 5.97 Å². The average Bonchev–Trinajstić information content (AvgIpc) is 3.30. The van der Waals surface area contributed by atoms with E-state index >= 15 is 0 Å². The van der Waals surface area contributed by atoms with Crippen LogP contribution in [-0.2, 0) is 16.0 Å². The van der Waals surface area contributed by atoms with Gasteiger partial charge in [-0.25, -0.2) is 4.79 Å². The lowest BCUT2D eigenvalue weighted by molar-refractivity contribution is 0.0445. The summed E-state index contributed by atoms with van der Waals surface area (Å²) < 4.78 is 17.7. The van der Waals surface area contributed by atoms with Crippen LogP contribution in [0.4, 0.5) is 0 Å². The number of methoxy groups -OCH3 is 1. The van der Waals surface area contributed by atoms with Crippen molar-refractivity contribution in [3.63, 3.8) is 0 Å². The maximum atomic E-state index is 12.6. The Morgan fingerprint density at radius 1 is 1.11 bits per heavy atom. The van der Waals surface area contributed by atoms with E-state index in [2.05, 4.69) is 0 Å². The predicted octanol–water partition coefficient (Wildman–Crippen LogP) is 4.05. The highest BCUT2D eigenvalue weighted by molar-refractivity contribution is 6.01. The van der Waals surface area contributed by atoms with E-state index in [4.69, 9.17) is 13.9 Å². The highest BCUT2D eigenvalue weighted by Crippen LogP contribution is 2.25. The van der Waals surface area contributed by atoms with Crippen LogP contribution in [0.3, 0.4) is 0 Å². The van der Waals surface area contributed by atoms with Gasteiger partial charge in [0.2, 0.25) is 11.5 Å². The van der Waals surface area contributed by atoms with Crippen LogP contribution in [-0.4, -0.2) is 36.6 Å². The standard InChI is InChI=1S/C22H23NO5/c1-15-13-19(16(2)23(15)10-12-26-3)20(24)14-28-22(25)21-18(9-11-27-21)17-7-5-4-6-8-17/h4-9,11,13H,10,12,14H2,1-3H3. The molecule has 1 aromatic carbocycles. The molecule has 0 bridgehead atoms. The molecule has 0 aliphatic carbocycles. The first-order valence-electron chi connectivity index (χ1n) is 9.01. The normalized spacial score (nSPS) is 10.8. The van der Waals surface area contributed by atoms with E-state index in [1.54, 1.807) is 13.2 Å². The van der Waals surface area contributed by atoms with Crippen molar-refractivity contribution in [2.75, 3.05) is 20.3 Å². The molecule has 0 amide bonds. The van der Waals surface area contributed by atoms with Crippen LogP contribution in [0.5, 0.6) is 0 Å². The van der Waals surface area contributed by atoms with Gasteiger partial charge in [0, 0.05) is 36.2 Å². The maximum Gasteiger partial charge on any atom is 0.375 e. The minimum absolute atomic E-state index is 0.0876. The zero-order valence-corrected chi connectivity index (χ0v) is 16.2. The van der Waals surface area contributed by atoms with Crippen LogP contribution >= 0.6 is 0 Å². The summed E-state index contributed by atoms with van der Waals surface area (Å²) in [5.41, 5.74) is 3.82. The van der Waals surface area contributed by atoms with Crippen molar-refractivity contribution >= 4 is 11.8 Å². The van der Waals surface area contributed by atoms with Gasteiger partial charge in [-0.15, -0.1) is 0 Å². The van der Waals surface area contributed by atoms with Crippen molar-refractivity contribution < 1.29 is 23.5 Å². The lowest BCUT2D eigenvalue weighted by atomic mass is 10.1. The smallest absolute Gasteiger partial charge is 0.375 e. The quantitative estimate of drug-likeness (QED) is 0.435. The molecule has 2 aromatic heterocycles. The second kappa shape index (κ2) is 8.71. The average molecular weight is 381 g/mol. The first kappa shape index (κ1) is 19.6. The Labute approximate surface area is 163 Å². The highest BCUT2D eigenvalue weighted by Gasteiger charge is 2.21. The number of benzene rings is 1. The van der Waals surface area contributed by atoms with Crippen LogP contribution in [0.1, 0.15) is 32.3 Å². The van der Waals surface area contributed by atoms with E-state index in [1.807, 2.05) is 54.8 Å². The Balaban J connectivity index is 1.69. The lowest BCUT2D eigenvalue weighted by Crippen LogP contribution is -2.15. The van der Waals surface area contributed by atoms with E-state index in [0.29, 0.717) is 24.3 Å². The van der Waals surface area contributed by atoms with E-state index in [-0.39, 0.29) is 18.2 Å². The molecule has 0 radical (unpaired) electrons. The van der Waals surface area contributed by atoms with Gasteiger partial charge in [0.05, 0.1) is 12.9 Å². The molecule has 2 heterocycles. The Morgan fingerprint density at radius 2 is 1.86 bits per heavy atom. The van der Waals surface area contributed by atoms with E-state index in [0.717, 1.165) is 17.0 Å². The molecule has 0 spiro atoms. The fraction of sp³-hybridized carbons (Fsp3) is 0.273. The third-order valence-electron chi connectivity index (χ3n) is 4.66. The molecule has 146 valence electrons. The van der Waals surface area contributed by atoms with Crippen molar-refractivity contribution in [3.05, 3.63) is 71.4 Å². The molecule has 0 fully saturated rings. The number of hydrogen-bond donors (Lipinski definition) is 0. The van der Waals surface area contributed by atoms with Crippen LogP contribution < -0.4 is 0 Å². The maximum absolute atomic E-state index is 12.6. The Kier molecular flexibility index (Phi) is 6.11. The summed E-state index contributed by atoms with van der Waals surface area (Å²) in [7, 11) is 1.64. The van der Waals surface area contributed by atoms with Crippen LogP contribution in [0.25, 0.3) is 11.1 Å². The van der Waals surface area contributed by atoms with Gasteiger partial charge in [0.15, 0.2) is 6.61 Å². The number of furan rings is 1. The zero-order valence-electron chi connectivity index (χ0n) is 16.2. The molecule has 0 atom stereocenters. The monoisotopic (exact) mass is 381 g/mol. The SMILES string of the molecule is COCCn1c(C)cc(C(=O)COC(=O)c2occc2-c2ccccc2)c1C. The molecule has 0 unspecified atom stereocenters. The number of carbonyl (C=O) groups is 2. The third kappa shape index (κ3) is 4.07. The number of aromatic nitrogens is 1. The van der Waals surface area contributed by atoms with Gasteiger partial charge >= 0.3 is 5.97 Å². The number of aryl methyl sites for hydroxylation is 1. The van der Waals surface area contributed by atoms with Crippen molar-refractivity contribution in [3.8, 4) is 11.1 Å². The number of esters is 1. The molecule has 6 nitrogen and oxygen atoms in total. The molecular formula is C22H23NO5. The lowest BCUT2D eigenvalue weighted by Gasteiger charge is -2.09. The molecule has 0 saturated carbocycles. The third-order valence-corrected chi connectivity index (χ3v) is 4.66.